The summed E-state index contributed by atoms with van der Waals surface area (Å²) < 4.78 is 36.1. The van der Waals surface area contributed by atoms with Gasteiger partial charge >= 0.3 is 5.92 Å². The van der Waals surface area contributed by atoms with Gasteiger partial charge in [-0.1, -0.05) is 37.3 Å². The number of aryl methyl sites for hydroxylation is 1. The van der Waals surface area contributed by atoms with Crippen molar-refractivity contribution in [3.63, 3.8) is 0 Å². The van der Waals surface area contributed by atoms with Gasteiger partial charge in [-0.05, 0) is 115 Å². The normalized spacial score (nSPS) is 34.7. The molecule has 5 heteroatoms. The number of alkyl halides is 2. The lowest BCUT2D eigenvalue weighted by atomic mass is 9.48. The van der Waals surface area contributed by atoms with Crippen LogP contribution in [0, 0.1) is 29.6 Å². The minimum Gasteiger partial charge on any atom is -0.491 e. The molecule has 37 heavy (non-hydrogen) atoms. The van der Waals surface area contributed by atoms with Crippen molar-refractivity contribution in [2.45, 2.75) is 81.1 Å². The molecular weight excluding hydrogens is 470 g/mol. The van der Waals surface area contributed by atoms with Gasteiger partial charge < -0.3 is 14.9 Å². The highest BCUT2D eigenvalue weighted by Gasteiger charge is 2.71. The number of ether oxygens (including phenoxy) is 1. The molecule has 2 aromatic rings. The fraction of sp³-hybridized carbons (Fsp3) is 0.562. The molecule has 6 atom stereocenters. The van der Waals surface area contributed by atoms with Crippen LogP contribution in [-0.4, -0.2) is 35.0 Å². The van der Waals surface area contributed by atoms with Crippen molar-refractivity contribution in [3.8, 4) is 18.1 Å². The van der Waals surface area contributed by atoms with Crippen molar-refractivity contribution >= 4 is 0 Å². The van der Waals surface area contributed by atoms with Gasteiger partial charge in [0.2, 0.25) is 0 Å². The van der Waals surface area contributed by atoms with E-state index in [1.54, 1.807) is 5.92 Å². The minimum atomic E-state index is -3.57. The number of terminal acetylenes is 1. The molecule has 3 saturated carbocycles. The first-order valence-electron chi connectivity index (χ1n) is 13.8. The van der Waals surface area contributed by atoms with Crippen LogP contribution in [0.2, 0.25) is 0 Å². The molecule has 0 heterocycles. The molecule has 0 saturated heterocycles. The molecule has 0 aliphatic heterocycles. The molecular formula is C32H36F2O3. The van der Waals surface area contributed by atoms with Gasteiger partial charge in [0.15, 0.2) is 0 Å². The zero-order valence-corrected chi connectivity index (χ0v) is 21.4. The Balaban J connectivity index is 1.44. The molecule has 0 spiro atoms. The summed E-state index contributed by atoms with van der Waals surface area (Å²) in [6, 6.07) is 15.0. The SMILES string of the molecule is C#CC(F)(F)[C@]1(O)CC[C@H]2[C@@H]3CCc4cc(OCCO)ccc4C3C(c3ccc(C4CC4)cc3)C[C@@]21C. The fourth-order valence-corrected chi connectivity index (χ4v) is 8.33. The van der Waals surface area contributed by atoms with E-state index in [1.807, 2.05) is 13.0 Å². The van der Waals surface area contributed by atoms with E-state index in [0.717, 1.165) is 24.2 Å². The monoisotopic (exact) mass is 506 g/mol. The second kappa shape index (κ2) is 8.82. The van der Waals surface area contributed by atoms with E-state index in [-0.39, 0.29) is 43.3 Å². The zero-order valence-electron chi connectivity index (χ0n) is 21.4. The molecule has 4 aliphatic carbocycles. The number of halogens is 2. The van der Waals surface area contributed by atoms with Gasteiger partial charge in [-0.25, -0.2) is 0 Å². The smallest absolute Gasteiger partial charge is 0.336 e. The maximum Gasteiger partial charge on any atom is 0.336 e. The first-order chi connectivity index (χ1) is 17.7. The largest absolute Gasteiger partial charge is 0.491 e. The van der Waals surface area contributed by atoms with E-state index in [0.29, 0.717) is 18.8 Å². The Morgan fingerprint density at radius 3 is 2.49 bits per heavy atom. The molecule has 3 nitrogen and oxygen atoms in total. The second-order valence-electron chi connectivity index (χ2n) is 12.1. The lowest BCUT2D eigenvalue weighted by Crippen LogP contribution is -2.60. The van der Waals surface area contributed by atoms with Gasteiger partial charge in [-0.3, -0.25) is 0 Å². The number of hydrogen-bond donors (Lipinski definition) is 2. The summed E-state index contributed by atoms with van der Waals surface area (Å²) in [5.74, 6) is -0.170. The van der Waals surface area contributed by atoms with E-state index in [2.05, 4.69) is 36.4 Å². The summed E-state index contributed by atoms with van der Waals surface area (Å²) in [5.41, 5.74) is 1.83. The first-order valence-corrected chi connectivity index (χ1v) is 13.8. The van der Waals surface area contributed by atoms with Gasteiger partial charge in [0.05, 0.1) is 6.61 Å². The standard InChI is InChI=1S/C32H36F2O3/c1-3-32(33,34)31(36)15-14-28-26-12-10-23-18-24(37-17-16-35)11-13-25(23)29(26)27(19-30(28,31)2)22-8-6-21(7-9-22)20-4-5-20/h1,6-9,11,13,18,20,26-29,35-36H,4-5,10,12,14-17,19H2,2H3/t26-,27?,28-,29?,30-,31-/m0/s1. The van der Waals surface area contributed by atoms with E-state index < -0.39 is 16.9 Å². The van der Waals surface area contributed by atoms with Gasteiger partial charge in [0.25, 0.3) is 0 Å². The highest BCUT2D eigenvalue weighted by molar-refractivity contribution is 5.45. The summed E-state index contributed by atoms with van der Waals surface area (Å²) >= 11 is 0. The lowest BCUT2D eigenvalue weighted by molar-refractivity contribution is -0.214. The van der Waals surface area contributed by atoms with E-state index in [4.69, 9.17) is 16.3 Å². The molecule has 2 aromatic carbocycles. The Hall–Kier alpha value is -2.42. The predicted molar refractivity (Wildman–Crippen MR) is 139 cm³/mol. The highest BCUT2D eigenvalue weighted by atomic mass is 19.3. The van der Waals surface area contributed by atoms with Gasteiger partial charge in [-0.2, -0.15) is 8.78 Å². The summed E-state index contributed by atoms with van der Waals surface area (Å²) in [4.78, 5) is 0. The van der Waals surface area contributed by atoms with Crippen LogP contribution in [0.1, 0.15) is 85.5 Å². The summed E-state index contributed by atoms with van der Waals surface area (Å²) in [6.07, 6.45) is 10.6. The average molecular weight is 507 g/mol. The Kier molecular flexibility index (Phi) is 5.93. The maximum absolute atomic E-state index is 15.2. The topological polar surface area (TPSA) is 49.7 Å². The molecule has 6 rings (SSSR count). The van der Waals surface area contributed by atoms with Crippen LogP contribution < -0.4 is 4.74 Å². The second-order valence-corrected chi connectivity index (χ2v) is 12.1. The van der Waals surface area contributed by atoms with E-state index >= 15 is 8.78 Å². The quantitative estimate of drug-likeness (QED) is 0.460. The minimum absolute atomic E-state index is 0.000891. The summed E-state index contributed by atoms with van der Waals surface area (Å²) in [7, 11) is 0. The molecule has 4 aliphatic rings. The van der Waals surface area contributed by atoms with Crippen molar-refractivity contribution in [2.75, 3.05) is 13.2 Å². The van der Waals surface area contributed by atoms with Crippen molar-refractivity contribution in [1.29, 1.82) is 0 Å². The third-order valence-electron chi connectivity index (χ3n) is 10.3. The zero-order chi connectivity index (χ0) is 26.0. The van der Waals surface area contributed by atoms with Crippen molar-refractivity contribution in [1.82, 2.24) is 0 Å². The molecule has 2 N–H and O–H groups in total. The number of aliphatic hydroxyl groups is 2. The van der Waals surface area contributed by atoms with Crippen molar-refractivity contribution < 1.29 is 23.7 Å². The molecule has 0 amide bonds. The van der Waals surface area contributed by atoms with Crippen LogP contribution >= 0.6 is 0 Å². The number of fused-ring (bicyclic) bond motifs is 5. The van der Waals surface area contributed by atoms with Gasteiger partial charge in [-0.15, -0.1) is 6.42 Å². The van der Waals surface area contributed by atoms with Crippen LogP contribution in [0.4, 0.5) is 8.78 Å². The number of benzene rings is 2. The number of rotatable bonds is 6. The first kappa shape index (κ1) is 24.9. The van der Waals surface area contributed by atoms with Crippen LogP contribution in [0.25, 0.3) is 0 Å². The number of hydrogen-bond acceptors (Lipinski definition) is 3. The van der Waals surface area contributed by atoms with Crippen LogP contribution in [0.5, 0.6) is 5.75 Å². The highest BCUT2D eigenvalue weighted by Crippen LogP contribution is 2.70. The van der Waals surface area contributed by atoms with E-state index in [9.17, 15) is 5.11 Å². The molecule has 0 bridgehead atoms. The average Bonchev–Trinajstić information content (AvgIpc) is 3.72. The van der Waals surface area contributed by atoms with Crippen molar-refractivity contribution in [2.24, 2.45) is 17.3 Å². The Morgan fingerprint density at radius 2 is 1.81 bits per heavy atom. The molecule has 196 valence electrons. The van der Waals surface area contributed by atoms with Crippen LogP contribution in [-0.2, 0) is 6.42 Å². The van der Waals surface area contributed by atoms with Gasteiger partial charge in [0, 0.05) is 5.41 Å². The Bertz CT molecular complexity index is 1210. The maximum atomic E-state index is 15.2. The Morgan fingerprint density at radius 1 is 1.08 bits per heavy atom. The van der Waals surface area contributed by atoms with Crippen molar-refractivity contribution in [3.05, 3.63) is 64.7 Å². The Labute approximate surface area is 218 Å². The number of aliphatic hydroxyl groups excluding tert-OH is 1. The summed E-state index contributed by atoms with van der Waals surface area (Å²) in [5, 5.41) is 20.8. The van der Waals surface area contributed by atoms with Gasteiger partial charge in [0.1, 0.15) is 18.0 Å². The predicted octanol–water partition coefficient (Wildman–Crippen LogP) is 6.18. The summed E-state index contributed by atoms with van der Waals surface area (Å²) in [6.45, 7) is 2.09. The molecule has 0 aromatic heterocycles. The third-order valence-corrected chi connectivity index (χ3v) is 10.3. The van der Waals surface area contributed by atoms with Crippen LogP contribution in [0.15, 0.2) is 42.5 Å². The lowest BCUT2D eigenvalue weighted by Gasteiger charge is -2.57. The third kappa shape index (κ3) is 3.74. The molecule has 2 unspecified atom stereocenters. The van der Waals surface area contributed by atoms with Crippen LogP contribution in [0.3, 0.4) is 0 Å². The molecule has 0 radical (unpaired) electrons. The molecule has 3 fully saturated rings. The van der Waals surface area contributed by atoms with E-state index in [1.165, 1.54) is 29.5 Å². The fourth-order valence-electron chi connectivity index (χ4n) is 8.33.